The number of halogens is 1. The Morgan fingerprint density at radius 3 is 2.62 bits per heavy atom. The van der Waals surface area contributed by atoms with Gasteiger partial charge in [-0.25, -0.2) is 18.1 Å². The highest BCUT2D eigenvalue weighted by molar-refractivity contribution is 9.09. The lowest BCUT2D eigenvalue weighted by atomic mass is 10.2. The van der Waals surface area contributed by atoms with Crippen molar-refractivity contribution in [2.45, 2.75) is 26.1 Å². The number of nitrogens with zero attached hydrogens (tertiary/aromatic N) is 1. The van der Waals surface area contributed by atoms with Gasteiger partial charge >= 0.3 is 0 Å². The second kappa shape index (κ2) is 8.37. The van der Waals surface area contributed by atoms with Gasteiger partial charge in [0.05, 0.1) is 11.3 Å². The Morgan fingerprint density at radius 1 is 1.21 bits per heavy atom. The topological polar surface area (TPSA) is 102 Å². The summed E-state index contributed by atoms with van der Waals surface area (Å²) < 4.78 is 38.8. The van der Waals surface area contributed by atoms with Gasteiger partial charge in [-0.1, -0.05) is 40.2 Å². The van der Waals surface area contributed by atoms with Crippen molar-refractivity contribution in [3.05, 3.63) is 36.4 Å². The summed E-state index contributed by atoms with van der Waals surface area (Å²) in [5.74, 6) is -0.438. The van der Waals surface area contributed by atoms with Gasteiger partial charge in [-0.15, -0.1) is 0 Å². The summed E-state index contributed by atoms with van der Waals surface area (Å²) in [5, 5.41) is 12.3. The van der Waals surface area contributed by atoms with Crippen LogP contribution in [0.5, 0.6) is 11.5 Å². The Kier molecular flexibility index (Phi) is 6.25. The molecule has 0 aliphatic rings. The monoisotopic (exact) mass is 498 g/mol. The molecule has 156 valence electrons. The molecule has 0 bridgehead atoms. The van der Waals surface area contributed by atoms with Crippen LogP contribution in [0, 0.1) is 0 Å². The van der Waals surface area contributed by atoms with Gasteiger partial charge in [-0.2, -0.15) is 0 Å². The van der Waals surface area contributed by atoms with E-state index in [1.807, 2.05) is 50.0 Å². The van der Waals surface area contributed by atoms with Crippen LogP contribution in [0.25, 0.3) is 22.4 Å². The minimum absolute atomic E-state index is 0.00320. The molecule has 2 heterocycles. The molecule has 0 saturated heterocycles. The summed E-state index contributed by atoms with van der Waals surface area (Å²) in [7, 11) is -5.84. The lowest BCUT2D eigenvalue weighted by Gasteiger charge is -2.19. The zero-order valence-electron chi connectivity index (χ0n) is 16.4. The molecule has 29 heavy (non-hydrogen) atoms. The predicted molar refractivity (Wildman–Crippen MR) is 121 cm³/mol. The molecule has 0 spiro atoms. The molecular weight excluding hydrogens is 476 g/mol. The fourth-order valence-electron chi connectivity index (χ4n) is 2.68. The van der Waals surface area contributed by atoms with Crippen molar-refractivity contribution >= 4 is 51.1 Å². The molecule has 7 nitrogen and oxygen atoms in total. The molecule has 3 rings (SSSR count). The minimum atomic E-state index is -3.66. The number of furan rings is 1. The predicted octanol–water partition coefficient (Wildman–Crippen LogP) is 4.94. The summed E-state index contributed by atoms with van der Waals surface area (Å²) in [6.45, 7) is 5.78. The Balaban J connectivity index is 2.07. The molecule has 0 atom stereocenters. The highest BCUT2D eigenvalue weighted by Gasteiger charge is 2.30. The number of anilines is 1. The average Bonchev–Trinajstić information content (AvgIpc) is 2.93. The Morgan fingerprint density at radius 2 is 1.93 bits per heavy atom. The first-order valence-corrected chi connectivity index (χ1v) is 15.3. The van der Waals surface area contributed by atoms with Crippen LogP contribution in [0.1, 0.15) is 6.42 Å². The summed E-state index contributed by atoms with van der Waals surface area (Å²) in [4.78, 5) is 4.52. The fraction of sp³-hybridized carbons (Fsp3) is 0.316. The number of hydrogen-bond acceptors (Lipinski definition) is 6. The third-order valence-electron chi connectivity index (χ3n) is 3.87. The standard InChI is InChI=1S/C19H23BrN2O5SSi/c1-29(2,3)27-18-16(23)17(26-19(18)22-28(24,25)12-6-11-20)15-10-9-13-7-4-5-8-14(13)21-15/h4-5,7-10,22-23H,6,11-12H2,1-3H3. The number of aromatic nitrogens is 1. The highest BCUT2D eigenvalue weighted by Crippen LogP contribution is 2.47. The van der Waals surface area contributed by atoms with Gasteiger partial charge in [-0.3, -0.25) is 0 Å². The maximum atomic E-state index is 12.4. The molecule has 0 unspecified atom stereocenters. The molecule has 2 N–H and O–H groups in total. The maximum absolute atomic E-state index is 12.4. The van der Waals surface area contributed by atoms with Crippen molar-refractivity contribution in [1.29, 1.82) is 0 Å². The number of para-hydroxylation sites is 1. The van der Waals surface area contributed by atoms with E-state index in [0.717, 1.165) is 10.9 Å². The largest absolute Gasteiger partial charge is 0.538 e. The number of hydrogen-bond donors (Lipinski definition) is 2. The van der Waals surface area contributed by atoms with Gasteiger partial charge in [0.25, 0.3) is 5.88 Å². The van der Waals surface area contributed by atoms with Crippen LogP contribution in [0.3, 0.4) is 0 Å². The van der Waals surface area contributed by atoms with Gasteiger partial charge < -0.3 is 13.9 Å². The minimum Gasteiger partial charge on any atom is -0.538 e. The lowest BCUT2D eigenvalue weighted by molar-refractivity contribution is 0.440. The van der Waals surface area contributed by atoms with Crippen LogP contribution in [-0.4, -0.2) is 37.9 Å². The number of benzene rings is 1. The number of rotatable bonds is 8. The molecule has 0 aliphatic carbocycles. The first-order valence-electron chi connectivity index (χ1n) is 9.07. The van der Waals surface area contributed by atoms with Gasteiger partial charge in [0, 0.05) is 10.7 Å². The molecule has 0 radical (unpaired) electrons. The molecular formula is C19H23BrN2O5SSi. The first-order chi connectivity index (χ1) is 13.6. The normalized spacial score (nSPS) is 12.3. The van der Waals surface area contributed by atoms with E-state index in [4.69, 9.17) is 8.84 Å². The van der Waals surface area contributed by atoms with E-state index < -0.39 is 18.3 Å². The number of pyridine rings is 1. The zero-order chi connectivity index (χ0) is 21.2. The van der Waals surface area contributed by atoms with E-state index in [1.165, 1.54) is 0 Å². The summed E-state index contributed by atoms with van der Waals surface area (Å²) >= 11 is 3.22. The van der Waals surface area contributed by atoms with Gasteiger partial charge in [0.1, 0.15) is 5.69 Å². The van der Waals surface area contributed by atoms with Crippen LogP contribution in [0.15, 0.2) is 40.8 Å². The SMILES string of the molecule is C[Si](C)(C)Oc1c(NS(=O)(=O)CCCBr)oc(-c2ccc3ccccc3n2)c1O. The third-order valence-corrected chi connectivity index (χ3v) is 6.57. The van der Waals surface area contributed by atoms with Crippen LogP contribution >= 0.6 is 15.9 Å². The number of fused-ring (bicyclic) bond motifs is 1. The molecule has 2 aromatic heterocycles. The second-order valence-corrected chi connectivity index (χ2v) is 14.6. The van der Waals surface area contributed by atoms with Crippen LogP contribution in [0.4, 0.5) is 5.88 Å². The number of aromatic hydroxyl groups is 1. The van der Waals surface area contributed by atoms with E-state index in [-0.39, 0.29) is 28.9 Å². The van der Waals surface area contributed by atoms with E-state index in [1.54, 1.807) is 6.07 Å². The van der Waals surface area contributed by atoms with E-state index in [2.05, 4.69) is 25.6 Å². The zero-order valence-corrected chi connectivity index (χ0v) is 19.8. The van der Waals surface area contributed by atoms with E-state index in [9.17, 15) is 13.5 Å². The molecule has 0 amide bonds. The summed E-state index contributed by atoms with van der Waals surface area (Å²) in [5.41, 5.74) is 1.11. The second-order valence-electron chi connectivity index (χ2n) is 7.51. The van der Waals surface area contributed by atoms with E-state index >= 15 is 0 Å². The molecule has 0 fully saturated rings. The fourth-order valence-corrected chi connectivity index (χ4v) is 5.17. The molecule has 3 aromatic rings. The van der Waals surface area contributed by atoms with Crippen molar-refractivity contribution in [2.24, 2.45) is 0 Å². The molecule has 0 saturated carbocycles. The Hall–Kier alpha value is -2.04. The number of sulfonamides is 1. The van der Waals surface area contributed by atoms with Gasteiger partial charge in [-0.05, 0) is 38.2 Å². The van der Waals surface area contributed by atoms with Crippen molar-refractivity contribution in [3.8, 4) is 23.0 Å². The van der Waals surface area contributed by atoms with Crippen LogP contribution < -0.4 is 9.15 Å². The average molecular weight is 499 g/mol. The molecule has 0 aliphatic heterocycles. The Bertz CT molecular complexity index is 1130. The van der Waals surface area contributed by atoms with Crippen LogP contribution in [-0.2, 0) is 10.0 Å². The summed E-state index contributed by atoms with van der Waals surface area (Å²) in [6, 6.07) is 11.1. The third kappa shape index (κ3) is 5.31. The van der Waals surface area contributed by atoms with E-state index in [0.29, 0.717) is 17.4 Å². The van der Waals surface area contributed by atoms with Crippen molar-refractivity contribution in [1.82, 2.24) is 4.98 Å². The van der Waals surface area contributed by atoms with Crippen molar-refractivity contribution in [2.75, 3.05) is 15.8 Å². The van der Waals surface area contributed by atoms with Crippen molar-refractivity contribution < 1.29 is 22.4 Å². The van der Waals surface area contributed by atoms with Crippen LogP contribution in [0.2, 0.25) is 19.6 Å². The molecule has 1 aromatic carbocycles. The quantitative estimate of drug-likeness (QED) is 0.336. The van der Waals surface area contributed by atoms with Crippen molar-refractivity contribution in [3.63, 3.8) is 0 Å². The van der Waals surface area contributed by atoms with Gasteiger partial charge in [0.2, 0.25) is 35.6 Å². The number of nitrogens with one attached hydrogen (secondary N) is 1. The maximum Gasteiger partial charge on any atom is 0.252 e. The first kappa shape index (κ1) is 21.7. The molecule has 10 heteroatoms. The smallest absolute Gasteiger partial charge is 0.252 e. The highest BCUT2D eigenvalue weighted by atomic mass is 79.9. The number of alkyl halides is 1. The van der Waals surface area contributed by atoms with Gasteiger partial charge in [0.15, 0.2) is 0 Å². The lowest BCUT2D eigenvalue weighted by Crippen LogP contribution is -2.29. The summed E-state index contributed by atoms with van der Waals surface area (Å²) in [6.07, 6.45) is 0.436. The Labute approximate surface area is 179 Å².